The number of ether oxygens (including phenoxy) is 1. The summed E-state index contributed by atoms with van der Waals surface area (Å²) in [6, 6.07) is 7.80. The second-order valence-corrected chi connectivity index (χ2v) is 6.83. The van der Waals surface area contributed by atoms with E-state index in [2.05, 4.69) is 15.3 Å². The van der Waals surface area contributed by atoms with Crippen LogP contribution in [0.15, 0.2) is 34.6 Å². The number of aromatic nitrogens is 1. The highest BCUT2D eigenvalue weighted by atomic mass is 32.1. The lowest BCUT2D eigenvalue weighted by molar-refractivity contribution is -0.140. The van der Waals surface area contributed by atoms with Crippen molar-refractivity contribution in [3.63, 3.8) is 0 Å². The van der Waals surface area contributed by atoms with Crippen LogP contribution in [0, 0.1) is 6.92 Å². The summed E-state index contributed by atoms with van der Waals surface area (Å²) in [5, 5.41) is 4.61. The van der Waals surface area contributed by atoms with Gasteiger partial charge in [-0.15, -0.1) is 11.3 Å². The summed E-state index contributed by atoms with van der Waals surface area (Å²) >= 11 is 1.01. The molecule has 0 aliphatic heterocycles. The molecule has 1 aromatic heterocycles. The van der Waals surface area contributed by atoms with Crippen molar-refractivity contribution in [3.05, 3.63) is 45.9 Å². The van der Waals surface area contributed by atoms with Crippen LogP contribution >= 0.6 is 11.3 Å². The number of likely N-dealkylation sites (N-methyl/N-ethyl adjacent to an activating group) is 1. The fourth-order valence-corrected chi connectivity index (χ4v) is 3.14. The monoisotopic (exact) mass is 400 g/mol. The number of thiazole rings is 1. The van der Waals surface area contributed by atoms with E-state index < -0.39 is 11.9 Å². The molecule has 0 fully saturated rings. The number of para-hydroxylation sites is 1. The van der Waals surface area contributed by atoms with Crippen LogP contribution in [0.5, 0.6) is 5.75 Å². The fourth-order valence-electron chi connectivity index (χ4n) is 2.34. The first-order chi connectivity index (χ1) is 12.8. The number of halogens is 3. The van der Waals surface area contributed by atoms with Gasteiger partial charge in [0, 0.05) is 32.4 Å². The van der Waals surface area contributed by atoms with Gasteiger partial charge in [-0.05, 0) is 18.6 Å². The number of nitrogens with one attached hydrogen (secondary N) is 1. The zero-order valence-corrected chi connectivity index (χ0v) is 16.3. The molecule has 9 heteroatoms. The maximum atomic E-state index is 12.6. The van der Waals surface area contributed by atoms with Crippen molar-refractivity contribution in [3.8, 4) is 5.75 Å². The van der Waals surface area contributed by atoms with E-state index >= 15 is 0 Å². The third-order valence-electron chi connectivity index (χ3n) is 3.82. The Morgan fingerprint density at radius 1 is 1.33 bits per heavy atom. The Balaban J connectivity index is 1.76. The summed E-state index contributed by atoms with van der Waals surface area (Å²) in [7, 11) is 3.54. The highest BCUT2D eigenvalue weighted by Crippen LogP contribution is 2.30. The molecule has 0 bridgehead atoms. The maximum Gasteiger partial charge on any atom is 0.434 e. The van der Waals surface area contributed by atoms with E-state index in [1.807, 2.05) is 43.1 Å². The molecule has 0 radical (unpaired) electrons. The predicted octanol–water partition coefficient (Wildman–Crippen LogP) is 3.60. The molecular weight excluding hydrogens is 377 g/mol. The van der Waals surface area contributed by atoms with Crippen molar-refractivity contribution in [2.45, 2.75) is 19.5 Å². The van der Waals surface area contributed by atoms with Crippen molar-refractivity contribution < 1.29 is 17.9 Å². The van der Waals surface area contributed by atoms with E-state index in [0.29, 0.717) is 37.1 Å². The molecule has 0 unspecified atom stereocenters. The van der Waals surface area contributed by atoms with E-state index in [1.165, 1.54) is 0 Å². The van der Waals surface area contributed by atoms with Gasteiger partial charge in [-0.2, -0.15) is 13.2 Å². The van der Waals surface area contributed by atoms with Gasteiger partial charge in [0.05, 0.1) is 11.6 Å². The molecule has 5 nitrogen and oxygen atoms in total. The van der Waals surface area contributed by atoms with Crippen LogP contribution < -0.4 is 10.1 Å². The highest BCUT2D eigenvalue weighted by molar-refractivity contribution is 7.09. The third-order valence-corrected chi connectivity index (χ3v) is 4.72. The first kappa shape index (κ1) is 21.0. The molecule has 0 spiro atoms. The number of hydrogen-bond acceptors (Lipinski definition) is 4. The Labute approximate surface area is 160 Å². The number of guanidine groups is 1. The Kier molecular flexibility index (Phi) is 7.46. The lowest BCUT2D eigenvalue weighted by atomic mass is 10.2. The number of hydrogen-bond donors (Lipinski definition) is 1. The van der Waals surface area contributed by atoms with Crippen LogP contribution in [0.4, 0.5) is 13.2 Å². The Morgan fingerprint density at radius 2 is 2.07 bits per heavy atom. The van der Waals surface area contributed by atoms with Crippen molar-refractivity contribution in [2.24, 2.45) is 4.99 Å². The molecule has 0 amide bonds. The van der Waals surface area contributed by atoms with Gasteiger partial charge in [0.25, 0.3) is 0 Å². The number of nitrogens with zero attached hydrogens (tertiary/aromatic N) is 3. The Morgan fingerprint density at radius 3 is 2.70 bits per heavy atom. The highest BCUT2D eigenvalue weighted by Gasteiger charge is 2.33. The third kappa shape index (κ3) is 6.42. The van der Waals surface area contributed by atoms with E-state index in [0.717, 1.165) is 28.0 Å². The molecule has 148 valence electrons. The molecule has 27 heavy (non-hydrogen) atoms. The average Bonchev–Trinajstić information content (AvgIpc) is 3.09. The molecule has 2 aromatic rings. The number of alkyl halides is 3. The largest absolute Gasteiger partial charge is 0.491 e. The summed E-state index contributed by atoms with van der Waals surface area (Å²) in [4.78, 5) is 9.71. The lowest BCUT2D eigenvalue weighted by Gasteiger charge is -2.22. The van der Waals surface area contributed by atoms with Gasteiger partial charge >= 0.3 is 6.18 Å². The fraction of sp³-hybridized carbons (Fsp3) is 0.444. The molecule has 2 rings (SSSR count). The van der Waals surface area contributed by atoms with Gasteiger partial charge in [0.2, 0.25) is 0 Å². The molecule has 0 saturated carbocycles. The van der Waals surface area contributed by atoms with E-state index in [9.17, 15) is 13.2 Å². The molecule has 0 atom stereocenters. The molecule has 1 aromatic carbocycles. The van der Waals surface area contributed by atoms with Gasteiger partial charge in [0.15, 0.2) is 11.7 Å². The van der Waals surface area contributed by atoms with Crippen LogP contribution in [0.3, 0.4) is 0 Å². The summed E-state index contributed by atoms with van der Waals surface area (Å²) in [6.45, 7) is 3.54. The van der Waals surface area contributed by atoms with Gasteiger partial charge < -0.3 is 15.0 Å². The van der Waals surface area contributed by atoms with Crippen LogP contribution in [0.2, 0.25) is 0 Å². The number of benzene rings is 1. The predicted molar refractivity (Wildman–Crippen MR) is 101 cm³/mol. The number of aryl methyl sites for hydroxylation is 1. The number of aliphatic imine (C=N–C) groups is 1. The maximum absolute atomic E-state index is 12.6. The molecule has 1 heterocycles. The molecule has 1 N–H and O–H groups in total. The minimum Gasteiger partial charge on any atom is -0.491 e. The minimum absolute atomic E-state index is 0.396. The molecule has 0 aliphatic carbocycles. The van der Waals surface area contributed by atoms with Crippen LogP contribution in [0.25, 0.3) is 0 Å². The van der Waals surface area contributed by atoms with Crippen LogP contribution in [0.1, 0.15) is 16.3 Å². The standard InChI is InChI=1S/C18H23F3N4OS/c1-13-6-4-5-7-14(13)26-11-10-25(3)17(22-2)23-9-8-16-24-15(12-27-16)18(19,20)21/h4-7,12H,8-11H2,1-3H3,(H,22,23). The second kappa shape index (κ2) is 9.59. The van der Waals surface area contributed by atoms with Crippen molar-refractivity contribution in [2.75, 3.05) is 33.8 Å². The normalized spacial score (nSPS) is 12.1. The lowest BCUT2D eigenvalue weighted by Crippen LogP contribution is -2.41. The smallest absolute Gasteiger partial charge is 0.434 e. The zero-order valence-electron chi connectivity index (χ0n) is 15.5. The summed E-state index contributed by atoms with van der Waals surface area (Å²) in [6.07, 6.45) is -4.00. The molecule has 0 saturated heterocycles. The van der Waals surface area contributed by atoms with E-state index in [1.54, 1.807) is 7.05 Å². The number of rotatable bonds is 7. The topological polar surface area (TPSA) is 49.8 Å². The molecular formula is C18H23F3N4OS. The van der Waals surface area contributed by atoms with Crippen LogP contribution in [-0.2, 0) is 12.6 Å². The minimum atomic E-state index is -4.39. The van der Waals surface area contributed by atoms with Gasteiger partial charge in [-0.3, -0.25) is 4.99 Å². The zero-order chi connectivity index (χ0) is 19.9. The van der Waals surface area contributed by atoms with Crippen molar-refractivity contribution in [1.82, 2.24) is 15.2 Å². The first-order valence-electron chi connectivity index (χ1n) is 8.43. The van der Waals surface area contributed by atoms with Crippen molar-refractivity contribution in [1.29, 1.82) is 0 Å². The van der Waals surface area contributed by atoms with Gasteiger partial charge in [-0.25, -0.2) is 4.98 Å². The van der Waals surface area contributed by atoms with Crippen molar-refractivity contribution >= 4 is 17.3 Å². The summed E-state index contributed by atoms with van der Waals surface area (Å²) in [5.74, 6) is 1.49. The van der Waals surface area contributed by atoms with Crippen LogP contribution in [-0.4, -0.2) is 49.6 Å². The van der Waals surface area contributed by atoms with E-state index in [4.69, 9.17) is 4.74 Å². The summed E-state index contributed by atoms with van der Waals surface area (Å²) in [5.41, 5.74) is 0.238. The quantitative estimate of drug-likeness (QED) is 0.570. The first-order valence-corrected chi connectivity index (χ1v) is 9.31. The van der Waals surface area contributed by atoms with Gasteiger partial charge in [-0.1, -0.05) is 18.2 Å². The van der Waals surface area contributed by atoms with E-state index in [-0.39, 0.29) is 0 Å². The average molecular weight is 400 g/mol. The summed E-state index contributed by atoms with van der Waals surface area (Å²) < 4.78 is 43.5. The molecule has 0 aliphatic rings. The Bertz CT molecular complexity index is 761. The Hall–Kier alpha value is -2.29. The van der Waals surface area contributed by atoms with Gasteiger partial charge in [0.1, 0.15) is 12.4 Å². The second-order valence-electron chi connectivity index (χ2n) is 5.88. The SMILES string of the molecule is CN=C(NCCc1nc(C(F)(F)F)cs1)N(C)CCOc1ccccc1C.